The zero-order valence-electron chi connectivity index (χ0n) is 11.7. The van der Waals surface area contributed by atoms with E-state index in [4.69, 9.17) is 0 Å². The van der Waals surface area contributed by atoms with E-state index >= 15 is 0 Å². The fourth-order valence-electron chi connectivity index (χ4n) is 2.30. The minimum atomic E-state index is 0.255. The number of likely N-dealkylation sites (N-methyl/N-ethyl adjacent to an activating group) is 2. The molecule has 0 fully saturated rings. The molecule has 0 saturated carbocycles. The lowest BCUT2D eigenvalue weighted by Gasteiger charge is -2.45. The first-order chi connectivity index (χ1) is 6.93. The quantitative estimate of drug-likeness (QED) is 0.701. The Balaban J connectivity index is 4.84. The maximum absolute atomic E-state index is 3.66. The van der Waals surface area contributed by atoms with Gasteiger partial charge < -0.3 is 10.2 Å². The molecule has 0 aliphatic carbocycles. The molecule has 0 bridgehead atoms. The third kappa shape index (κ3) is 3.46. The van der Waals surface area contributed by atoms with E-state index in [-0.39, 0.29) is 5.54 Å². The first kappa shape index (κ1) is 14.9. The molecule has 1 N–H and O–H groups in total. The van der Waals surface area contributed by atoms with Crippen molar-refractivity contribution in [2.45, 2.75) is 59.0 Å². The van der Waals surface area contributed by atoms with Gasteiger partial charge in [-0.2, -0.15) is 0 Å². The maximum atomic E-state index is 3.66. The Kier molecular flexibility index (Phi) is 6.46. The van der Waals surface area contributed by atoms with Gasteiger partial charge in [0.15, 0.2) is 0 Å². The van der Waals surface area contributed by atoms with E-state index in [2.05, 4.69) is 58.9 Å². The van der Waals surface area contributed by atoms with E-state index in [9.17, 15) is 0 Å². The Labute approximate surface area is 96.4 Å². The van der Waals surface area contributed by atoms with Crippen molar-refractivity contribution < 1.29 is 0 Å². The van der Waals surface area contributed by atoms with Crippen LogP contribution in [0.15, 0.2) is 0 Å². The fraction of sp³-hybridized carbons (Fsp3) is 1.00. The third-order valence-electron chi connectivity index (χ3n) is 4.04. The zero-order chi connectivity index (χ0) is 12.1. The molecule has 15 heavy (non-hydrogen) atoms. The molecule has 0 amide bonds. The van der Waals surface area contributed by atoms with Gasteiger partial charge in [0.25, 0.3) is 0 Å². The smallest absolute Gasteiger partial charge is 0.0328 e. The Bertz CT molecular complexity index is 168. The molecule has 2 nitrogen and oxygen atoms in total. The van der Waals surface area contributed by atoms with Crippen LogP contribution in [0.1, 0.15) is 47.5 Å². The van der Waals surface area contributed by atoms with E-state index in [0.29, 0.717) is 6.04 Å². The summed E-state index contributed by atoms with van der Waals surface area (Å²) in [6, 6.07) is 0.576. The molecule has 0 aliphatic heterocycles. The van der Waals surface area contributed by atoms with Crippen molar-refractivity contribution in [2.75, 3.05) is 20.6 Å². The van der Waals surface area contributed by atoms with Crippen LogP contribution in [0.4, 0.5) is 0 Å². The first-order valence-corrected chi connectivity index (χ1v) is 6.34. The molecule has 0 aromatic carbocycles. The van der Waals surface area contributed by atoms with Gasteiger partial charge in [-0.3, -0.25) is 0 Å². The summed E-state index contributed by atoms with van der Waals surface area (Å²) < 4.78 is 0. The maximum Gasteiger partial charge on any atom is 0.0328 e. The van der Waals surface area contributed by atoms with Crippen LogP contribution < -0.4 is 5.32 Å². The van der Waals surface area contributed by atoms with Crippen LogP contribution in [-0.2, 0) is 0 Å². The van der Waals surface area contributed by atoms with Gasteiger partial charge >= 0.3 is 0 Å². The first-order valence-electron chi connectivity index (χ1n) is 6.34. The van der Waals surface area contributed by atoms with Crippen molar-refractivity contribution >= 4 is 0 Å². The highest BCUT2D eigenvalue weighted by molar-refractivity contribution is 4.96. The molecule has 0 aliphatic rings. The fourth-order valence-corrected chi connectivity index (χ4v) is 2.30. The molecule has 0 saturated heterocycles. The van der Waals surface area contributed by atoms with Crippen molar-refractivity contribution in [3.8, 4) is 0 Å². The molecule has 3 unspecified atom stereocenters. The predicted molar refractivity (Wildman–Crippen MR) is 69.3 cm³/mol. The molecule has 0 aromatic heterocycles. The third-order valence-corrected chi connectivity index (χ3v) is 4.04. The number of rotatable bonds is 7. The monoisotopic (exact) mass is 214 g/mol. The molecular formula is C13H30N2. The van der Waals surface area contributed by atoms with Crippen molar-refractivity contribution in [3.05, 3.63) is 0 Å². The van der Waals surface area contributed by atoms with Crippen LogP contribution in [0.3, 0.4) is 0 Å². The van der Waals surface area contributed by atoms with Crippen LogP contribution in [0.5, 0.6) is 0 Å². The molecule has 92 valence electrons. The van der Waals surface area contributed by atoms with Crippen LogP contribution in [0.25, 0.3) is 0 Å². The second kappa shape index (κ2) is 6.49. The molecule has 0 rings (SSSR count). The average molecular weight is 214 g/mol. The Hall–Kier alpha value is -0.0800. The number of nitrogens with zero attached hydrogens (tertiary/aromatic N) is 1. The van der Waals surface area contributed by atoms with Gasteiger partial charge in [-0.15, -0.1) is 0 Å². The van der Waals surface area contributed by atoms with E-state index < -0.39 is 0 Å². The van der Waals surface area contributed by atoms with Crippen molar-refractivity contribution in [1.82, 2.24) is 10.2 Å². The minimum absolute atomic E-state index is 0.255. The standard InChI is InChI=1S/C13H30N2/c1-8-11(4)12(14-10-3)13(5,9-2)15(6)7/h11-12,14H,8-10H2,1-7H3. The lowest BCUT2D eigenvalue weighted by molar-refractivity contribution is 0.0844. The topological polar surface area (TPSA) is 15.3 Å². The molecular weight excluding hydrogens is 184 g/mol. The number of nitrogens with one attached hydrogen (secondary N) is 1. The van der Waals surface area contributed by atoms with Gasteiger partial charge in [-0.05, 0) is 39.9 Å². The SMILES string of the molecule is CCNC(C(C)CC)C(C)(CC)N(C)C. The molecule has 0 heterocycles. The largest absolute Gasteiger partial charge is 0.312 e. The summed E-state index contributed by atoms with van der Waals surface area (Å²) in [5.74, 6) is 0.720. The normalized spacial score (nSPS) is 20.0. The van der Waals surface area contributed by atoms with Gasteiger partial charge in [0.1, 0.15) is 0 Å². The van der Waals surface area contributed by atoms with Crippen molar-refractivity contribution in [1.29, 1.82) is 0 Å². The van der Waals surface area contributed by atoms with E-state index in [1.807, 2.05) is 0 Å². The van der Waals surface area contributed by atoms with Crippen LogP contribution in [-0.4, -0.2) is 37.1 Å². The van der Waals surface area contributed by atoms with E-state index in [1.54, 1.807) is 0 Å². The van der Waals surface area contributed by atoms with Gasteiger partial charge in [0.2, 0.25) is 0 Å². The summed E-state index contributed by atoms with van der Waals surface area (Å²) in [6.07, 6.45) is 2.42. The molecule has 0 spiro atoms. The highest BCUT2D eigenvalue weighted by Gasteiger charge is 2.36. The second-order valence-electron chi connectivity index (χ2n) is 5.03. The van der Waals surface area contributed by atoms with Crippen LogP contribution >= 0.6 is 0 Å². The summed E-state index contributed by atoms with van der Waals surface area (Å²) >= 11 is 0. The summed E-state index contributed by atoms with van der Waals surface area (Å²) in [6.45, 7) is 12.5. The Morgan fingerprint density at radius 2 is 1.73 bits per heavy atom. The Morgan fingerprint density at radius 3 is 2.00 bits per heavy atom. The minimum Gasteiger partial charge on any atom is -0.312 e. The molecule has 2 heteroatoms. The average Bonchev–Trinajstić information content (AvgIpc) is 2.23. The number of hydrogen-bond acceptors (Lipinski definition) is 2. The predicted octanol–water partition coefficient (Wildman–Crippen LogP) is 2.74. The molecule has 0 radical (unpaired) electrons. The lowest BCUT2D eigenvalue weighted by Crippen LogP contribution is -2.59. The summed E-state index contributed by atoms with van der Waals surface area (Å²) in [7, 11) is 4.38. The van der Waals surface area contributed by atoms with E-state index in [0.717, 1.165) is 12.5 Å². The molecule has 3 atom stereocenters. The van der Waals surface area contributed by atoms with Gasteiger partial charge in [0.05, 0.1) is 0 Å². The van der Waals surface area contributed by atoms with Crippen molar-refractivity contribution in [3.63, 3.8) is 0 Å². The Morgan fingerprint density at radius 1 is 1.20 bits per heavy atom. The highest BCUT2D eigenvalue weighted by atomic mass is 15.2. The van der Waals surface area contributed by atoms with Gasteiger partial charge in [0, 0.05) is 11.6 Å². The van der Waals surface area contributed by atoms with Crippen LogP contribution in [0.2, 0.25) is 0 Å². The van der Waals surface area contributed by atoms with Gasteiger partial charge in [-0.25, -0.2) is 0 Å². The lowest BCUT2D eigenvalue weighted by atomic mass is 9.79. The second-order valence-corrected chi connectivity index (χ2v) is 5.03. The summed E-state index contributed by atoms with van der Waals surface area (Å²) in [4.78, 5) is 2.37. The summed E-state index contributed by atoms with van der Waals surface area (Å²) in [5.41, 5.74) is 0.255. The number of hydrogen-bond donors (Lipinski definition) is 1. The van der Waals surface area contributed by atoms with E-state index in [1.165, 1.54) is 12.8 Å². The zero-order valence-corrected chi connectivity index (χ0v) is 11.7. The highest BCUT2D eigenvalue weighted by Crippen LogP contribution is 2.27. The van der Waals surface area contributed by atoms with Gasteiger partial charge in [-0.1, -0.05) is 34.1 Å². The van der Waals surface area contributed by atoms with Crippen molar-refractivity contribution in [2.24, 2.45) is 5.92 Å². The molecule has 0 aromatic rings. The van der Waals surface area contributed by atoms with Crippen LogP contribution in [0, 0.1) is 5.92 Å². The summed E-state index contributed by atoms with van der Waals surface area (Å²) in [5, 5.41) is 3.66.